The molecule has 1 fully saturated rings. The molecule has 0 radical (unpaired) electrons. The van der Waals surface area contributed by atoms with Gasteiger partial charge < -0.3 is 0 Å². The number of unbranched alkanes of at least 4 members (excludes halogenated alkanes) is 1. The van der Waals surface area contributed by atoms with Crippen LogP contribution in [-0.2, 0) is 19.5 Å². The molecular formula is C16H25N5S. The Hall–Kier alpha value is -1.27. The smallest absolute Gasteiger partial charge is 0.137 e. The Morgan fingerprint density at radius 3 is 3.14 bits per heavy atom. The van der Waals surface area contributed by atoms with E-state index in [2.05, 4.69) is 27.3 Å². The summed E-state index contributed by atoms with van der Waals surface area (Å²) in [6.07, 6.45) is 10.9. The van der Waals surface area contributed by atoms with Gasteiger partial charge in [0.25, 0.3) is 0 Å². The first-order valence-electron chi connectivity index (χ1n) is 8.35. The molecule has 0 aliphatic carbocycles. The Kier molecular flexibility index (Phi) is 5.56. The highest BCUT2D eigenvalue weighted by atomic mass is 32.1. The van der Waals surface area contributed by atoms with Crippen molar-refractivity contribution >= 4 is 11.3 Å². The summed E-state index contributed by atoms with van der Waals surface area (Å²) in [6, 6.07) is 0.552. The summed E-state index contributed by atoms with van der Waals surface area (Å²) in [5.74, 6) is 0. The predicted octanol–water partition coefficient (Wildman–Crippen LogP) is 3.13. The molecule has 0 saturated carbocycles. The summed E-state index contributed by atoms with van der Waals surface area (Å²) in [7, 11) is 0. The van der Waals surface area contributed by atoms with E-state index in [0.717, 1.165) is 19.5 Å². The molecule has 3 rings (SSSR count). The third-order valence-electron chi connectivity index (χ3n) is 4.32. The van der Waals surface area contributed by atoms with Crippen molar-refractivity contribution in [1.29, 1.82) is 0 Å². The number of aryl methyl sites for hydroxylation is 1. The molecule has 0 unspecified atom stereocenters. The van der Waals surface area contributed by atoms with Crippen molar-refractivity contribution in [2.24, 2.45) is 0 Å². The number of hydrogen-bond acceptors (Lipinski definition) is 5. The van der Waals surface area contributed by atoms with E-state index < -0.39 is 0 Å². The van der Waals surface area contributed by atoms with E-state index in [-0.39, 0.29) is 0 Å². The van der Waals surface area contributed by atoms with Gasteiger partial charge >= 0.3 is 0 Å². The Bertz CT molecular complexity index is 551. The molecule has 1 atom stereocenters. The molecule has 120 valence electrons. The van der Waals surface area contributed by atoms with Crippen molar-refractivity contribution in [3.05, 3.63) is 28.7 Å². The molecule has 0 amide bonds. The first-order chi connectivity index (χ1) is 10.8. The van der Waals surface area contributed by atoms with Crippen LogP contribution in [0, 0.1) is 0 Å². The fraction of sp³-hybridized carbons (Fsp3) is 0.688. The van der Waals surface area contributed by atoms with Gasteiger partial charge in [-0.3, -0.25) is 9.58 Å². The average Bonchev–Trinajstić information content (AvgIpc) is 3.19. The summed E-state index contributed by atoms with van der Waals surface area (Å²) >= 11 is 1.82. The van der Waals surface area contributed by atoms with Crippen LogP contribution >= 0.6 is 11.3 Å². The van der Waals surface area contributed by atoms with Crippen LogP contribution in [0.5, 0.6) is 0 Å². The molecule has 0 aromatic carbocycles. The zero-order valence-corrected chi connectivity index (χ0v) is 14.1. The lowest BCUT2D eigenvalue weighted by Gasteiger charge is -2.35. The van der Waals surface area contributed by atoms with Crippen molar-refractivity contribution in [2.45, 2.75) is 64.6 Å². The first-order valence-corrected chi connectivity index (χ1v) is 9.23. The number of thiazole rings is 1. The zero-order chi connectivity index (χ0) is 15.2. The first kappa shape index (κ1) is 15.6. The number of nitrogens with zero attached hydrogens (tertiary/aromatic N) is 5. The Balaban J connectivity index is 1.59. The molecule has 0 bridgehead atoms. The quantitative estimate of drug-likeness (QED) is 0.786. The highest BCUT2D eigenvalue weighted by molar-refractivity contribution is 7.09. The Morgan fingerprint density at radius 1 is 1.36 bits per heavy atom. The monoisotopic (exact) mass is 319 g/mol. The van der Waals surface area contributed by atoms with Crippen LogP contribution in [0.25, 0.3) is 0 Å². The van der Waals surface area contributed by atoms with Crippen molar-refractivity contribution in [3.8, 4) is 0 Å². The molecule has 6 heteroatoms. The lowest BCUT2D eigenvalue weighted by Crippen LogP contribution is -2.41. The Morgan fingerprint density at radius 2 is 2.32 bits per heavy atom. The SMILES string of the molecule is CCCCc1nc(CN2CCCC[C@H]2Cn2cncn2)cs1. The maximum Gasteiger partial charge on any atom is 0.137 e. The molecule has 22 heavy (non-hydrogen) atoms. The molecule has 1 aliphatic heterocycles. The van der Waals surface area contributed by atoms with Gasteiger partial charge in [-0.1, -0.05) is 19.8 Å². The predicted molar refractivity (Wildman–Crippen MR) is 88.8 cm³/mol. The van der Waals surface area contributed by atoms with Crippen LogP contribution in [-0.4, -0.2) is 37.2 Å². The van der Waals surface area contributed by atoms with Crippen LogP contribution < -0.4 is 0 Å². The minimum absolute atomic E-state index is 0.552. The lowest BCUT2D eigenvalue weighted by atomic mass is 10.0. The number of rotatable bonds is 7. The summed E-state index contributed by atoms with van der Waals surface area (Å²) in [6.45, 7) is 5.31. The largest absolute Gasteiger partial charge is 0.293 e. The van der Waals surface area contributed by atoms with Gasteiger partial charge in [-0.15, -0.1) is 11.3 Å². The molecule has 1 saturated heterocycles. The van der Waals surface area contributed by atoms with Crippen LogP contribution in [0.3, 0.4) is 0 Å². The van der Waals surface area contributed by atoms with Gasteiger partial charge in [-0.25, -0.2) is 9.97 Å². The number of aromatic nitrogens is 4. The highest BCUT2D eigenvalue weighted by Gasteiger charge is 2.23. The van der Waals surface area contributed by atoms with Crippen molar-refractivity contribution in [1.82, 2.24) is 24.6 Å². The summed E-state index contributed by atoms with van der Waals surface area (Å²) in [5, 5.41) is 7.79. The van der Waals surface area contributed by atoms with Gasteiger partial charge in [-0.05, 0) is 32.2 Å². The third-order valence-corrected chi connectivity index (χ3v) is 5.28. The molecule has 5 nitrogen and oxygen atoms in total. The fourth-order valence-corrected chi connectivity index (χ4v) is 3.92. The van der Waals surface area contributed by atoms with Gasteiger partial charge in [-0.2, -0.15) is 5.10 Å². The van der Waals surface area contributed by atoms with E-state index in [1.807, 2.05) is 22.3 Å². The van der Waals surface area contributed by atoms with E-state index in [9.17, 15) is 0 Å². The molecule has 2 aromatic heterocycles. The highest BCUT2D eigenvalue weighted by Crippen LogP contribution is 2.22. The third kappa shape index (κ3) is 4.14. The maximum atomic E-state index is 4.82. The van der Waals surface area contributed by atoms with Crippen LogP contribution in [0.4, 0.5) is 0 Å². The van der Waals surface area contributed by atoms with E-state index >= 15 is 0 Å². The number of hydrogen-bond donors (Lipinski definition) is 0. The maximum absolute atomic E-state index is 4.82. The van der Waals surface area contributed by atoms with Gasteiger partial charge in [0.05, 0.1) is 17.2 Å². The molecule has 3 heterocycles. The van der Waals surface area contributed by atoms with E-state index in [4.69, 9.17) is 4.98 Å². The molecule has 2 aromatic rings. The van der Waals surface area contributed by atoms with E-state index in [0.29, 0.717) is 6.04 Å². The van der Waals surface area contributed by atoms with Gasteiger partial charge in [0.2, 0.25) is 0 Å². The van der Waals surface area contributed by atoms with Crippen LogP contribution in [0.2, 0.25) is 0 Å². The van der Waals surface area contributed by atoms with Crippen molar-refractivity contribution in [2.75, 3.05) is 6.54 Å². The van der Waals surface area contributed by atoms with E-state index in [1.54, 1.807) is 6.33 Å². The van der Waals surface area contributed by atoms with Crippen molar-refractivity contribution in [3.63, 3.8) is 0 Å². The summed E-state index contributed by atoms with van der Waals surface area (Å²) in [5.41, 5.74) is 1.24. The normalized spacial score (nSPS) is 19.6. The summed E-state index contributed by atoms with van der Waals surface area (Å²) in [4.78, 5) is 11.4. The standard InChI is InChI=1S/C16H25N5S/c1-2-3-7-16-19-14(11-22-16)9-20-8-5-4-6-15(20)10-21-13-17-12-18-21/h11-13,15H,2-10H2,1H3/t15-/m0/s1. The number of likely N-dealkylation sites (tertiary alicyclic amines) is 1. The lowest BCUT2D eigenvalue weighted by molar-refractivity contribution is 0.120. The number of piperidine rings is 1. The zero-order valence-electron chi connectivity index (χ0n) is 13.3. The average molecular weight is 319 g/mol. The van der Waals surface area contributed by atoms with Crippen LogP contribution in [0.1, 0.15) is 49.7 Å². The molecule has 0 spiro atoms. The minimum Gasteiger partial charge on any atom is -0.293 e. The second kappa shape index (κ2) is 7.83. The molecule has 1 aliphatic rings. The van der Waals surface area contributed by atoms with Crippen LogP contribution in [0.15, 0.2) is 18.0 Å². The molecule has 0 N–H and O–H groups in total. The summed E-state index contributed by atoms with van der Waals surface area (Å²) < 4.78 is 1.96. The fourth-order valence-electron chi connectivity index (χ4n) is 3.09. The van der Waals surface area contributed by atoms with Gasteiger partial charge in [0.15, 0.2) is 0 Å². The second-order valence-electron chi connectivity index (χ2n) is 6.07. The van der Waals surface area contributed by atoms with Gasteiger partial charge in [0, 0.05) is 18.0 Å². The minimum atomic E-state index is 0.552. The Labute approximate surface area is 136 Å². The van der Waals surface area contributed by atoms with Gasteiger partial charge in [0.1, 0.15) is 12.7 Å². The topological polar surface area (TPSA) is 46.8 Å². The van der Waals surface area contributed by atoms with E-state index in [1.165, 1.54) is 49.4 Å². The van der Waals surface area contributed by atoms with Crippen molar-refractivity contribution < 1.29 is 0 Å². The second-order valence-corrected chi connectivity index (χ2v) is 7.02. The molecular weight excluding hydrogens is 294 g/mol.